The minimum atomic E-state index is -0.691. The van der Waals surface area contributed by atoms with Gasteiger partial charge in [-0.05, 0) is 47.7 Å². The van der Waals surface area contributed by atoms with Gasteiger partial charge in [0.05, 0.1) is 26.9 Å². The summed E-state index contributed by atoms with van der Waals surface area (Å²) < 4.78 is 18.0. The number of carbonyl (C=O) groups excluding carboxylic acids is 1. The number of tetrazole rings is 1. The minimum absolute atomic E-state index is 0.333. The number of carbonyl (C=O) groups is 1. The Morgan fingerprint density at radius 1 is 1.06 bits per heavy atom. The van der Waals surface area contributed by atoms with Crippen molar-refractivity contribution in [2.24, 2.45) is 0 Å². The Hall–Kier alpha value is -3.79. The summed E-state index contributed by atoms with van der Waals surface area (Å²) in [5, 5.41) is 18.4. The van der Waals surface area contributed by atoms with E-state index in [-0.39, 0.29) is 5.91 Å². The second kappa shape index (κ2) is 8.75. The monoisotopic (exact) mass is 456 g/mol. The predicted molar refractivity (Wildman–Crippen MR) is 118 cm³/mol. The fraction of sp³-hybridized carbons (Fsp3) is 0.238. The normalized spacial score (nSPS) is 15.0. The lowest BCUT2D eigenvalue weighted by molar-refractivity contribution is -0.113. The molecule has 1 aliphatic rings. The lowest BCUT2D eigenvalue weighted by Crippen LogP contribution is -2.31. The van der Waals surface area contributed by atoms with Crippen LogP contribution in [0.25, 0.3) is 0 Å². The molecule has 166 valence electrons. The van der Waals surface area contributed by atoms with Crippen molar-refractivity contribution in [3.63, 3.8) is 0 Å². The van der Waals surface area contributed by atoms with E-state index in [0.29, 0.717) is 50.7 Å². The summed E-state index contributed by atoms with van der Waals surface area (Å²) in [6.45, 7) is 1.79. The van der Waals surface area contributed by atoms with Crippen LogP contribution in [0.4, 0.5) is 11.6 Å². The second-order valence-corrected chi connectivity index (χ2v) is 7.36. The van der Waals surface area contributed by atoms with Gasteiger partial charge in [0.2, 0.25) is 5.95 Å². The number of nitrogens with one attached hydrogen (secondary N) is 2. The highest BCUT2D eigenvalue weighted by molar-refractivity contribution is 6.30. The molecule has 0 aliphatic carbocycles. The molecule has 32 heavy (non-hydrogen) atoms. The molecule has 0 saturated heterocycles. The van der Waals surface area contributed by atoms with Crippen LogP contribution in [-0.4, -0.2) is 47.4 Å². The fourth-order valence-corrected chi connectivity index (χ4v) is 3.72. The number of methoxy groups -OCH3 is 3. The van der Waals surface area contributed by atoms with Crippen molar-refractivity contribution in [2.75, 3.05) is 32.0 Å². The number of hydrogen-bond donors (Lipinski definition) is 2. The number of aromatic nitrogens is 4. The highest BCUT2D eigenvalue weighted by Gasteiger charge is 2.36. The number of ether oxygens (including phenoxy) is 3. The first kappa shape index (κ1) is 21.4. The number of halogens is 1. The van der Waals surface area contributed by atoms with Gasteiger partial charge >= 0.3 is 0 Å². The fourth-order valence-electron chi connectivity index (χ4n) is 3.59. The standard InChI is InChI=1S/C21H21ClN6O4/c1-11-18(20(29)24-13-7-5-12(22)6-8-13)19(28-21(23-11)25-26-27-28)14-9-16(31-3)17(32-4)10-15(14)30-2/h5-10,19H,1-4H3,(H,24,29)(H,23,25,27). The molecular formula is C21H21ClN6O4. The van der Waals surface area contributed by atoms with E-state index in [0.717, 1.165) is 0 Å². The SMILES string of the molecule is COc1cc(OC)c(C2C(C(=O)Nc3ccc(Cl)cc3)=C(C)Nc3nnnn32)cc1OC. The molecule has 2 N–H and O–H groups in total. The van der Waals surface area contributed by atoms with Crippen LogP contribution in [0, 0.1) is 0 Å². The van der Waals surface area contributed by atoms with Crippen molar-refractivity contribution in [3.05, 3.63) is 58.3 Å². The molecule has 4 rings (SSSR count). The van der Waals surface area contributed by atoms with E-state index in [1.165, 1.54) is 26.0 Å². The third-order valence-electron chi connectivity index (χ3n) is 5.09. The highest BCUT2D eigenvalue weighted by Crippen LogP contribution is 2.43. The summed E-state index contributed by atoms with van der Waals surface area (Å²) in [5.74, 6) is 1.52. The predicted octanol–water partition coefficient (Wildman–Crippen LogP) is 3.28. The van der Waals surface area contributed by atoms with Crippen molar-refractivity contribution < 1.29 is 19.0 Å². The van der Waals surface area contributed by atoms with E-state index < -0.39 is 6.04 Å². The van der Waals surface area contributed by atoms with Gasteiger partial charge in [0.1, 0.15) is 11.8 Å². The van der Waals surface area contributed by atoms with Crippen molar-refractivity contribution in [3.8, 4) is 17.2 Å². The third-order valence-corrected chi connectivity index (χ3v) is 5.34. The largest absolute Gasteiger partial charge is 0.496 e. The summed E-state index contributed by atoms with van der Waals surface area (Å²) in [6.07, 6.45) is 0. The topological polar surface area (TPSA) is 112 Å². The van der Waals surface area contributed by atoms with Crippen LogP contribution in [0.15, 0.2) is 47.7 Å². The van der Waals surface area contributed by atoms with E-state index in [2.05, 4.69) is 26.2 Å². The Labute approximate surface area is 189 Å². The van der Waals surface area contributed by atoms with Gasteiger partial charge in [0.15, 0.2) is 11.5 Å². The number of nitrogens with zero attached hydrogens (tertiary/aromatic N) is 4. The first-order valence-corrected chi connectivity index (χ1v) is 9.97. The number of anilines is 2. The molecule has 2 aromatic carbocycles. The molecule has 11 heteroatoms. The lowest BCUT2D eigenvalue weighted by atomic mass is 9.93. The van der Waals surface area contributed by atoms with Crippen LogP contribution in [-0.2, 0) is 4.79 Å². The van der Waals surface area contributed by atoms with Gasteiger partial charge in [0, 0.05) is 28.0 Å². The summed E-state index contributed by atoms with van der Waals surface area (Å²) in [7, 11) is 4.61. The minimum Gasteiger partial charge on any atom is -0.496 e. The van der Waals surface area contributed by atoms with Crippen molar-refractivity contribution in [2.45, 2.75) is 13.0 Å². The van der Waals surface area contributed by atoms with Gasteiger partial charge in [-0.3, -0.25) is 4.79 Å². The lowest BCUT2D eigenvalue weighted by Gasteiger charge is -2.29. The maximum absolute atomic E-state index is 13.4. The third kappa shape index (κ3) is 3.80. The zero-order valence-electron chi connectivity index (χ0n) is 17.8. The number of benzene rings is 2. The number of hydrogen-bond acceptors (Lipinski definition) is 8. The molecule has 3 aromatic rings. The summed E-state index contributed by atoms with van der Waals surface area (Å²) in [5.41, 5.74) is 2.23. The zero-order valence-corrected chi connectivity index (χ0v) is 18.6. The van der Waals surface area contributed by atoms with Crippen LogP contribution < -0.4 is 24.8 Å². The smallest absolute Gasteiger partial charge is 0.255 e. The molecule has 0 spiro atoms. The van der Waals surface area contributed by atoms with Crippen LogP contribution in [0.3, 0.4) is 0 Å². The molecule has 1 aromatic heterocycles. The van der Waals surface area contributed by atoms with Crippen molar-refractivity contribution in [1.82, 2.24) is 20.2 Å². The van der Waals surface area contributed by atoms with Crippen molar-refractivity contribution >= 4 is 29.1 Å². The molecule has 0 fully saturated rings. The number of amides is 1. The molecule has 1 atom stereocenters. The summed E-state index contributed by atoms with van der Waals surface area (Å²) >= 11 is 5.96. The Morgan fingerprint density at radius 2 is 1.72 bits per heavy atom. The molecular weight excluding hydrogens is 436 g/mol. The Kier molecular flexibility index (Phi) is 5.87. The number of fused-ring (bicyclic) bond motifs is 1. The highest BCUT2D eigenvalue weighted by atomic mass is 35.5. The summed E-state index contributed by atoms with van der Waals surface area (Å²) in [6, 6.07) is 9.61. The van der Waals surface area contributed by atoms with E-state index >= 15 is 0 Å². The van der Waals surface area contributed by atoms with Gasteiger partial charge in [-0.25, -0.2) is 0 Å². The molecule has 0 saturated carbocycles. The average Bonchev–Trinajstić information content (AvgIpc) is 3.26. The first-order chi connectivity index (χ1) is 15.5. The maximum atomic E-state index is 13.4. The van der Waals surface area contributed by atoms with Crippen LogP contribution in [0.2, 0.25) is 5.02 Å². The van der Waals surface area contributed by atoms with Crippen molar-refractivity contribution in [1.29, 1.82) is 0 Å². The second-order valence-electron chi connectivity index (χ2n) is 6.92. The molecule has 0 radical (unpaired) electrons. The van der Waals surface area contributed by atoms with Crippen LogP contribution >= 0.6 is 11.6 Å². The van der Waals surface area contributed by atoms with Gasteiger partial charge in [-0.2, -0.15) is 4.68 Å². The molecule has 1 aliphatic heterocycles. The van der Waals surface area contributed by atoms with E-state index in [1.807, 2.05) is 0 Å². The van der Waals surface area contributed by atoms with E-state index in [9.17, 15) is 4.79 Å². The first-order valence-electron chi connectivity index (χ1n) is 9.59. The Balaban J connectivity index is 1.84. The summed E-state index contributed by atoms with van der Waals surface area (Å²) in [4.78, 5) is 13.4. The van der Waals surface area contributed by atoms with Gasteiger partial charge in [-0.15, -0.1) is 0 Å². The maximum Gasteiger partial charge on any atom is 0.255 e. The van der Waals surface area contributed by atoms with Crippen LogP contribution in [0.1, 0.15) is 18.5 Å². The molecule has 1 amide bonds. The van der Waals surface area contributed by atoms with Crippen LogP contribution in [0.5, 0.6) is 17.2 Å². The van der Waals surface area contributed by atoms with Gasteiger partial charge < -0.3 is 24.8 Å². The van der Waals surface area contributed by atoms with E-state index in [1.54, 1.807) is 43.3 Å². The Morgan fingerprint density at radius 3 is 2.38 bits per heavy atom. The van der Waals surface area contributed by atoms with Gasteiger partial charge in [0.25, 0.3) is 5.91 Å². The quantitative estimate of drug-likeness (QED) is 0.581. The molecule has 2 heterocycles. The van der Waals surface area contributed by atoms with E-state index in [4.69, 9.17) is 25.8 Å². The molecule has 10 nitrogen and oxygen atoms in total. The Bertz CT molecular complexity index is 1190. The molecule has 0 bridgehead atoms. The number of rotatable bonds is 6. The van der Waals surface area contributed by atoms with Gasteiger partial charge in [-0.1, -0.05) is 16.7 Å². The average molecular weight is 457 g/mol. The zero-order chi connectivity index (χ0) is 22.8. The molecule has 1 unspecified atom stereocenters. The number of allylic oxidation sites excluding steroid dienone is 1.